The van der Waals surface area contributed by atoms with Crippen LogP contribution in [0, 0.1) is 4.91 Å². The molecule has 56 valence electrons. The fourth-order valence-electron chi connectivity index (χ4n) is 0.333. The Kier molecular flexibility index (Phi) is 3.78. The number of likely N-dealkylation sites (N-methyl/N-ethyl adjacent to an activating group) is 1. The van der Waals surface area contributed by atoms with Crippen molar-refractivity contribution >= 4 is 11.8 Å². The maximum Gasteiger partial charge on any atom is 0.331 e. The van der Waals surface area contributed by atoms with Gasteiger partial charge in [0.2, 0.25) is 0 Å². The summed E-state index contributed by atoms with van der Waals surface area (Å²) in [6.45, 7) is 1.99. The van der Waals surface area contributed by atoms with Crippen LogP contribution in [0.1, 0.15) is 6.92 Å². The maximum absolute atomic E-state index is 10.4. The molecule has 0 aromatic carbocycles. The molecule has 0 aliphatic heterocycles. The number of amides is 2. The average molecular weight is 145 g/mol. The molecule has 10 heavy (non-hydrogen) atoms. The van der Waals surface area contributed by atoms with Gasteiger partial charge in [0.1, 0.15) is 0 Å². The first kappa shape index (κ1) is 8.54. The van der Waals surface area contributed by atoms with Crippen LogP contribution in [0.2, 0.25) is 0 Å². The molecule has 0 aliphatic rings. The molecule has 0 fully saturated rings. The van der Waals surface area contributed by atoms with Crippen molar-refractivity contribution in [2.75, 3.05) is 6.54 Å². The molecular weight excluding hydrogens is 138 g/mol. The Balaban J connectivity index is 3.70. The Morgan fingerprint density at radius 1 is 1.40 bits per heavy atom. The third-order valence-corrected chi connectivity index (χ3v) is 0.691. The SMILES string of the molecule is CCNC(=O)C(=O)NN=O. The van der Waals surface area contributed by atoms with Gasteiger partial charge >= 0.3 is 11.8 Å². The van der Waals surface area contributed by atoms with Gasteiger partial charge in [0, 0.05) is 6.54 Å². The normalized spacial score (nSPS) is 8.10. The lowest BCUT2D eigenvalue weighted by atomic mass is 10.5. The highest BCUT2D eigenvalue weighted by atomic mass is 16.3. The number of nitroso groups, excluding NO2 is 1. The highest BCUT2D eigenvalue weighted by molar-refractivity contribution is 6.34. The predicted octanol–water partition coefficient (Wildman–Crippen LogP) is -1.08. The molecule has 0 bridgehead atoms. The third kappa shape index (κ3) is 2.75. The van der Waals surface area contributed by atoms with Gasteiger partial charge in [0.25, 0.3) is 0 Å². The van der Waals surface area contributed by atoms with E-state index < -0.39 is 11.8 Å². The summed E-state index contributed by atoms with van der Waals surface area (Å²) >= 11 is 0. The van der Waals surface area contributed by atoms with Gasteiger partial charge in [0.05, 0.1) is 5.29 Å². The van der Waals surface area contributed by atoms with Crippen molar-refractivity contribution < 1.29 is 9.59 Å². The fourth-order valence-corrected chi connectivity index (χ4v) is 0.333. The van der Waals surface area contributed by atoms with Crippen molar-refractivity contribution in [3.05, 3.63) is 4.91 Å². The summed E-state index contributed by atoms with van der Waals surface area (Å²) in [6.07, 6.45) is 0. The van der Waals surface area contributed by atoms with E-state index in [-0.39, 0.29) is 0 Å². The zero-order valence-electron chi connectivity index (χ0n) is 5.38. The average Bonchev–Trinajstić information content (AvgIpc) is 1.89. The summed E-state index contributed by atoms with van der Waals surface area (Å²) in [5, 5.41) is 4.21. The van der Waals surface area contributed by atoms with Crippen LogP contribution in [0.3, 0.4) is 0 Å². The number of nitrogens with one attached hydrogen (secondary N) is 2. The molecule has 0 aromatic rings. The van der Waals surface area contributed by atoms with Gasteiger partial charge in [-0.25, -0.2) is 5.43 Å². The molecule has 2 amide bonds. The highest BCUT2D eigenvalue weighted by Gasteiger charge is 2.10. The largest absolute Gasteiger partial charge is 0.348 e. The Labute approximate surface area is 56.9 Å². The van der Waals surface area contributed by atoms with Gasteiger partial charge in [0.15, 0.2) is 0 Å². The van der Waals surface area contributed by atoms with Gasteiger partial charge in [-0.3, -0.25) is 9.59 Å². The monoisotopic (exact) mass is 145 g/mol. The van der Waals surface area contributed by atoms with Crippen molar-refractivity contribution in [3.8, 4) is 0 Å². The van der Waals surface area contributed by atoms with Crippen molar-refractivity contribution in [3.63, 3.8) is 0 Å². The number of carbonyl (C=O) groups is 2. The van der Waals surface area contributed by atoms with Crippen LogP contribution in [-0.4, -0.2) is 18.4 Å². The predicted molar refractivity (Wildman–Crippen MR) is 32.6 cm³/mol. The standard InChI is InChI=1S/C4H7N3O3/c1-2-5-3(8)4(9)6-7-10/h2H2,1H3,(H,5,8)(H,6,9,10). The van der Waals surface area contributed by atoms with Crippen molar-refractivity contribution in [2.45, 2.75) is 6.92 Å². The number of rotatable bonds is 2. The number of hydrogen-bond acceptors (Lipinski definition) is 4. The molecule has 0 unspecified atom stereocenters. The number of hydrogen-bond donors (Lipinski definition) is 2. The summed E-state index contributed by atoms with van der Waals surface area (Å²) < 4.78 is 0. The second kappa shape index (κ2) is 4.42. The highest BCUT2D eigenvalue weighted by Crippen LogP contribution is 1.66. The zero-order valence-corrected chi connectivity index (χ0v) is 5.38. The van der Waals surface area contributed by atoms with Crippen LogP contribution >= 0.6 is 0 Å². The van der Waals surface area contributed by atoms with Crippen LogP contribution < -0.4 is 10.7 Å². The molecular formula is C4H7N3O3. The third-order valence-electron chi connectivity index (χ3n) is 0.691. The van der Waals surface area contributed by atoms with Crippen molar-refractivity contribution in [1.29, 1.82) is 0 Å². The minimum absolute atomic E-state index is 0.338. The maximum atomic E-state index is 10.4. The second-order valence-electron chi connectivity index (χ2n) is 1.39. The number of nitrogens with zero attached hydrogens (tertiary/aromatic N) is 1. The fraction of sp³-hybridized carbons (Fsp3) is 0.500. The van der Waals surface area contributed by atoms with E-state index in [0.717, 1.165) is 0 Å². The van der Waals surface area contributed by atoms with Crippen LogP contribution in [0.25, 0.3) is 0 Å². The molecule has 6 nitrogen and oxygen atoms in total. The van der Waals surface area contributed by atoms with Crippen LogP contribution in [0.5, 0.6) is 0 Å². The lowest BCUT2D eigenvalue weighted by molar-refractivity contribution is -0.139. The summed E-state index contributed by atoms with van der Waals surface area (Å²) in [4.78, 5) is 30.1. The van der Waals surface area contributed by atoms with Gasteiger partial charge in [-0.05, 0) is 6.92 Å². The minimum Gasteiger partial charge on any atom is -0.348 e. The smallest absolute Gasteiger partial charge is 0.331 e. The molecule has 0 radical (unpaired) electrons. The van der Waals surface area contributed by atoms with E-state index in [1.165, 1.54) is 5.43 Å². The molecule has 0 spiro atoms. The summed E-state index contributed by atoms with van der Waals surface area (Å²) in [7, 11) is 0. The lowest BCUT2D eigenvalue weighted by Gasteiger charge is -1.95. The Morgan fingerprint density at radius 2 is 2.00 bits per heavy atom. The Morgan fingerprint density at radius 3 is 2.40 bits per heavy atom. The van der Waals surface area contributed by atoms with Crippen molar-refractivity contribution in [2.24, 2.45) is 5.29 Å². The van der Waals surface area contributed by atoms with Gasteiger partial charge < -0.3 is 5.32 Å². The number of carbonyl (C=O) groups excluding carboxylic acids is 2. The van der Waals surface area contributed by atoms with Crippen molar-refractivity contribution in [1.82, 2.24) is 10.7 Å². The quantitative estimate of drug-likeness (QED) is 0.294. The topological polar surface area (TPSA) is 87.6 Å². The first-order chi connectivity index (χ1) is 4.72. The van der Waals surface area contributed by atoms with E-state index in [1.54, 1.807) is 6.92 Å². The van der Waals surface area contributed by atoms with E-state index in [4.69, 9.17) is 0 Å². The molecule has 0 aromatic heterocycles. The van der Waals surface area contributed by atoms with Crippen LogP contribution in [0.15, 0.2) is 5.29 Å². The first-order valence-electron chi connectivity index (χ1n) is 2.63. The summed E-state index contributed by atoms with van der Waals surface area (Å²) in [6, 6.07) is 0. The Hall–Kier alpha value is -1.46. The second-order valence-corrected chi connectivity index (χ2v) is 1.39. The van der Waals surface area contributed by atoms with Gasteiger partial charge in [-0.2, -0.15) is 0 Å². The van der Waals surface area contributed by atoms with Gasteiger partial charge in [-0.15, -0.1) is 4.91 Å². The molecule has 0 saturated carbocycles. The van der Waals surface area contributed by atoms with E-state index >= 15 is 0 Å². The van der Waals surface area contributed by atoms with Gasteiger partial charge in [-0.1, -0.05) is 0 Å². The lowest BCUT2D eigenvalue weighted by Crippen LogP contribution is -2.37. The minimum atomic E-state index is -1.04. The zero-order chi connectivity index (χ0) is 7.98. The molecule has 6 heteroatoms. The van der Waals surface area contributed by atoms with Crippen LogP contribution in [0.4, 0.5) is 0 Å². The Bertz CT molecular complexity index is 156. The molecule has 0 heterocycles. The van der Waals surface area contributed by atoms with Crippen LogP contribution in [-0.2, 0) is 9.59 Å². The summed E-state index contributed by atoms with van der Waals surface area (Å²) in [5.41, 5.74) is 1.45. The van der Waals surface area contributed by atoms with E-state index in [1.807, 2.05) is 5.29 Å². The van der Waals surface area contributed by atoms with E-state index in [0.29, 0.717) is 6.54 Å². The first-order valence-corrected chi connectivity index (χ1v) is 2.63. The molecule has 0 aliphatic carbocycles. The molecule has 0 saturated heterocycles. The van der Waals surface area contributed by atoms with E-state index in [9.17, 15) is 14.5 Å². The van der Waals surface area contributed by atoms with E-state index in [2.05, 4.69) is 5.32 Å². The summed E-state index contributed by atoms with van der Waals surface area (Å²) in [5.74, 6) is -1.90. The molecule has 0 atom stereocenters. The molecule has 0 rings (SSSR count). The molecule has 2 N–H and O–H groups in total.